The second kappa shape index (κ2) is 9.07. The molecule has 0 N–H and O–H groups in total. The van der Waals surface area contributed by atoms with Crippen LogP contribution in [-0.4, -0.2) is 10.5 Å². The lowest BCUT2D eigenvalue weighted by Crippen LogP contribution is -1.95. The zero-order valence-corrected chi connectivity index (χ0v) is 12.8. The molecule has 2 heteroatoms. The molecule has 20 heavy (non-hydrogen) atoms. The fourth-order valence-corrected chi connectivity index (χ4v) is 1.81. The highest BCUT2D eigenvalue weighted by molar-refractivity contribution is 5.98. The van der Waals surface area contributed by atoms with E-state index in [0.29, 0.717) is 0 Å². The van der Waals surface area contributed by atoms with E-state index in [1.807, 2.05) is 73.7 Å². The Morgan fingerprint density at radius 3 is 1.75 bits per heavy atom. The van der Waals surface area contributed by atoms with Gasteiger partial charge in [0, 0.05) is 0 Å². The molecule has 0 aromatic heterocycles. The third-order valence-corrected chi connectivity index (χ3v) is 3.24. The highest BCUT2D eigenvalue weighted by Crippen LogP contribution is 2.13. The van der Waals surface area contributed by atoms with Gasteiger partial charge in [0.25, 0.3) is 0 Å². The van der Waals surface area contributed by atoms with Crippen molar-refractivity contribution < 1.29 is 4.43 Å². The van der Waals surface area contributed by atoms with Gasteiger partial charge < -0.3 is 4.43 Å². The van der Waals surface area contributed by atoms with E-state index in [4.69, 9.17) is 4.43 Å². The number of rotatable bonds is 4. The van der Waals surface area contributed by atoms with Crippen LogP contribution in [0, 0.1) is 0 Å². The average Bonchev–Trinajstić information content (AvgIpc) is 2.55. The third-order valence-electron chi connectivity index (χ3n) is 2.88. The normalized spacial score (nSPS) is 10.9. The Bertz CT molecular complexity index is 507. The van der Waals surface area contributed by atoms with Crippen molar-refractivity contribution in [2.24, 2.45) is 0 Å². The van der Waals surface area contributed by atoms with Crippen LogP contribution in [-0.2, 0) is 4.43 Å². The van der Waals surface area contributed by atoms with Gasteiger partial charge in [-0.2, -0.15) is 0 Å². The van der Waals surface area contributed by atoms with Gasteiger partial charge in [-0.25, -0.2) is 0 Å². The first-order valence-corrected chi connectivity index (χ1v) is 6.85. The SMILES string of the molecule is C=Cc1ccccc1C=C.CC(O[Si])c1ccccc1. The molecule has 2 rings (SSSR count). The van der Waals surface area contributed by atoms with Crippen molar-refractivity contribution in [2.45, 2.75) is 13.0 Å². The summed E-state index contributed by atoms with van der Waals surface area (Å²) in [5.74, 6) is 0. The minimum Gasteiger partial charge on any atom is -0.412 e. The highest BCUT2D eigenvalue weighted by atomic mass is 28.2. The maximum absolute atomic E-state index is 4.94. The van der Waals surface area contributed by atoms with Crippen LogP contribution >= 0.6 is 0 Å². The zero-order valence-electron chi connectivity index (χ0n) is 11.8. The fourth-order valence-electron chi connectivity index (χ4n) is 1.67. The standard InChI is InChI=1S/C10H10.C8H9OSi/c1-3-9-7-5-6-8-10(9)4-2;1-7(9-10)8-5-3-2-4-6-8/h3-8H,1-2H2;2-7H,1H3. The molecule has 0 fully saturated rings. The van der Waals surface area contributed by atoms with Gasteiger partial charge in [-0.1, -0.05) is 79.9 Å². The molecule has 1 unspecified atom stereocenters. The van der Waals surface area contributed by atoms with Gasteiger partial charge in [-0.3, -0.25) is 0 Å². The van der Waals surface area contributed by atoms with Gasteiger partial charge in [0.2, 0.25) is 10.5 Å². The summed E-state index contributed by atoms with van der Waals surface area (Å²) in [7, 11) is 3.00. The van der Waals surface area contributed by atoms with Crippen LogP contribution in [0.2, 0.25) is 0 Å². The predicted octanol–water partition coefficient (Wildman–Crippen LogP) is 4.82. The quantitative estimate of drug-likeness (QED) is 0.729. The number of hydrogen-bond acceptors (Lipinski definition) is 1. The third kappa shape index (κ3) is 5.00. The van der Waals surface area contributed by atoms with Crippen molar-refractivity contribution in [3.63, 3.8) is 0 Å². The van der Waals surface area contributed by atoms with Gasteiger partial charge in [-0.05, 0) is 23.6 Å². The molecule has 2 aromatic carbocycles. The van der Waals surface area contributed by atoms with Gasteiger partial charge in [0.1, 0.15) is 0 Å². The molecule has 0 aliphatic rings. The molecule has 3 radical (unpaired) electrons. The largest absolute Gasteiger partial charge is 0.412 e. The first-order chi connectivity index (χ1) is 9.72. The van der Waals surface area contributed by atoms with Gasteiger partial charge >= 0.3 is 0 Å². The van der Waals surface area contributed by atoms with E-state index >= 15 is 0 Å². The molecule has 101 valence electrons. The Kier molecular flexibility index (Phi) is 7.33. The van der Waals surface area contributed by atoms with Crippen molar-refractivity contribution in [1.82, 2.24) is 0 Å². The van der Waals surface area contributed by atoms with Gasteiger partial charge in [0.05, 0.1) is 6.10 Å². The summed E-state index contributed by atoms with van der Waals surface area (Å²) in [6.45, 7) is 9.37. The van der Waals surface area contributed by atoms with E-state index in [1.165, 1.54) is 5.56 Å². The first-order valence-electron chi connectivity index (χ1n) is 6.44. The Morgan fingerprint density at radius 2 is 1.35 bits per heavy atom. The molecule has 0 heterocycles. The minimum atomic E-state index is 0.123. The van der Waals surface area contributed by atoms with E-state index in [0.717, 1.165) is 11.1 Å². The lowest BCUT2D eigenvalue weighted by molar-refractivity contribution is 0.251. The van der Waals surface area contributed by atoms with Crippen molar-refractivity contribution >= 4 is 22.6 Å². The van der Waals surface area contributed by atoms with Gasteiger partial charge in [-0.15, -0.1) is 0 Å². The number of hydrogen-bond donors (Lipinski definition) is 0. The van der Waals surface area contributed by atoms with Crippen molar-refractivity contribution in [3.8, 4) is 0 Å². The van der Waals surface area contributed by atoms with Crippen LogP contribution in [0.5, 0.6) is 0 Å². The van der Waals surface area contributed by atoms with E-state index in [2.05, 4.69) is 23.6 Å². The summed E-state index contributed by atoms with van der Waals surface area (Å²) in [5.41, 5.74) is 3.45. The van der Waals surface area contributed by atoms with E-state index in [1.54, 1.807) is 0 Å². The van der Waals surface area contributed by atoms with Crippen LogP contribution in [0.4, 0.5) is 0 Å². The van der Waals surface area contributed by atoms with Crippen molar-refractivity contribution in [3.05, 3.63) is 84.4 Å². The second-order valence-electron chi connectivity index (χ2n) is 4.21. The summed E-state index contributed by atoms with van der Waals surface area (Å²) < 4.78 is 4.94. The number of benzene rings is 2. The molecule has 0 bridgehead atoms. The summed E-state index contributed by atoms with van der Waals surface area (Å²) >= 11 is 0. The summed E-state index contributed by atoms with van der Waals surface area (Å²) in [5, 5.41) is 0. The van der Waals surface area contributed by atoms with Crippen molar-refractivity contribution in [2.75, 3.05) is 0 Å². The smallest absolute Gasteiger partial charge is 0.247 e. The monoisotopic (exact) mass is 279 g/mol. The van der Waals surface area contributed by atoms with Crippen molar-refractivity contribution in [1.29, 1.82) is 0 Å². The molecule has 1 atom stereocenters. The Balaban J connectivity index is 0.000000200. The molecule has 0 aliphatic carbocycles. The maximum atomic E-state index is 4.94. The average molecular weight is 279 g/mol. The summed E-state index contributed by atoms with van der Waals surface area (Å²) in [6, 6.07) is 18.1. The Labute approximate surface area is 125 Å². The molecule has 0 saturated heterocycles. The predicted molar refractivity (Wildman–Crippen MR) is 88.3 cm³/mol. The van der Waals surface area contributed by atoms with Gasteiger partial charge in [0.15, 0.2) is 0 Å². The van der Waals surface area contributed by atoms with E-state index in [9.17, 15) is 0 Å². The summed E-state index contributed by atoms with van der Waals surface area (Å²) in [6.07, 6.45) is 3.78. The van der Waals surface area contributed by atoms with E-state index in [-0.39, 0.29) is 6.10 Å². The molecular weight excluding hydrogens is 260 g/mol. The minimum absolute atomic E-state index is 0.123. The van der Waals surface area contributed by atoms with Crippen LogP contribution in [0.25, 0.3) is 12.2 Å². The topological polar surface area (TPSA) is 9.23 Å². The molecule has 1 nitrogen and oxygen atoms in total. The Hall–Kier alpha value is -1.90. The lowest BCUT2D eigenvalue weighted by atomic mass is 10.1. The molecule has 0 aliphatic heterocycles. The highest BCUT2D eigenvalue weighted by Gasteiger charge is 1.99. The second-order valence-corrected chi connectivity index (χ2v) is 4.44. The van der Waals surface area contributed by atoms with Crippen LogP contribution in [0.3, 0.4) is 0 Å². The summed E-state index contributed by atoms with van der Waals surface area (Å²) in [4.78, 5) is 0. The first kappa shape index (κ1) is 16.2. The van der Waals surface area contributed by atoms with Crippen LogP contribution in [0.1, 0.15) is 29.7 Å². The van der Waals surface area contributed by atoms with E-state index < -0.39 is 0 Å². The fraction of sp³-hybridized carbons (Fsp3) is 0.111. The zero-order chi connectivity index (χ0) is 14.8. The van der Waals surface area contributed by atoms with Crippen LogP contribution in [0.15, 0.2) is 67.8 Å². The molecular formula is C18H19OSi. The molecule has 0 spiro atoms. The molecule has 0 amide bonds. The lowest BCUT2D eigenvalue weighted by Gasteiger charge is -2.08. The van der Waals surface area contributed by atoms with Crippen LogP contribution < -0.4 is 0 Å². The maximum Gasteiger partial charge on any atom is 0.247 e. The molecule has 2 aromatic rings. The molecule has 0 saturated carbocycles. The Morgan fingerprint density at radius 1 is 0.900 bits per heavy atom.